The van der Waals surface area contributed by atoms with Crippen LogP contribution in [0.2, 0.25) is 0 Å². The summed E-state index contributed by atoms with van der Waals surface area (Å²) < 4.78 is 0. The summed E-state index contributed by atoms with van der Waals surface area (Å²) in [5.41, 5.74) is 1.71. The molecule has 1 fully saturated rings. The van der Waals surface area contributed by atoms with E-state index in [9.17, 15) is 5.11 Å². The Bertz CT molecular complexity index is 1110. The van der Waals surface area contributed by atoms with Crippen molar-refractivity contribution in [3.05, 3.63) is 59.3 Å². The highest BCUT2D eigenvalue weighted by Gasteiger charge is 2.26. The van der Waals surface area contributed by atoms with E-state index < -0.39 is 6.35 Å². The summed E-state index contributed by atoms with van der Waals surface area (Å²) in [5, 5.41) is 20.4. The second kappa shape index (κ2) is 8.29. The van der Waals surface area contributed by atoms with Crippen molar-refractivity contribution in [1.82, 2.24) is 19.9 Å². The van der Waals surface area contributed by atoms with Crippen LogP contribution in [-0.2, 0) is 0 Å². The molecule has 4 aromatic rings. The van der Waals surface area contributed by atoms with Crippen molar-refractivity contribution in [3.63, 3.8) is 0 Å². The third-order valence-corrected chi connectivity index (χ3v) is 6.29. The van der Waals surface area contributed by atoms with Gasteiger partial charge in [-0.05, 0) is 31.0 Å². The lowest BCUT2D eigenvalue weighted by atomic mass is 9.98. The van der Waals surface area contributed by atoms with Gasteiger partial charge in [0.2, 0.25) is 6.35 Å². The van der Waals surface area contributed by atoms with Crippen molar-refractivity contribution in [2.45, 2.75) is 25.1 Å². The van der Waals surface area contributed by atoms with Gasteiger partial charge in [0.15, 0.2) is 0 Å². The minimum absolute atomic E-state index is 0.336. The zero-order valence-corrected chi connectivity index (χ0v) is 17.1. The van der Waals surface area contributed by atoms with Gasteiger partial charge in [-0.1, -0.05) is 18.2 Å². The molecule has 0 bridgehead atoms. The molecule has 0 radical (unpaired) electrons. The minimum Gasteiger partial charge on any atom is -0.357 e. The maximum atomic E-state index is 10.3. The first-order valence-corrected chi connectivity index (χ1v) is 10.9. The molecule has 2 unspecified atom stereocenters. The third kappa shape index (κ3) is 3.94. The van der Waals surface area contributed by atoms with Gasteiger partial charge < -0.3 is 25.6 Å². The molecule has 4 N–H and O–H groups in total. The summed E-state index contributed by atoms with van der Waals surface area (Å²) in [4.78, 5) is 19.1. The fourth-order valence-corrected chi connectivity index (χ4v) is 4.78. The molecule has 154 valence electrons. The molecule has 1 aliphatic rings. The van der Waals surface area contributed by atoms with E-state index >= 15 is 0 Å². The predicted molar refractivity (Wildman–Crippen MR) is 120 cm³/mol. The van der Waals surface area contributed by atoms with Crippen LogP contribution in [0, 0.1) is 0 Å². The van der Waals surface area contributed by atoms with Gasteiger partial charge in [0.05, 0.1) is 10.4 Å². The van der Waals surface area contributed by atoms with Crippen LogP contribution in [0.5, 0.6) is 0 Å². The highest BCUT2D eigenvalue weighted by Crippen LogP contribution is 2.33. The molecule has 1 aromatic carbocycles. The van der Waals surface area contributed by atoms with E-state index in [0.29, 0.717) is 11.7 Å². The van der Waals surface area contributed by atoms with Crippen LogP contribution >= 0.6 is 11.3 Å². The number of nitrogens with zero attached hydrogens (tertiary/aromatic N) is 4. The molecule has 4 heterocycles. The van der Waals surface area contributed by atoms with Gasteiger partial charge in [-0.2, -0.15) is 0 Å². The zero-order valence-electron chi connectivity index (χ0n) is 16.3. The fourth-order valence-electron chi connectivity index (χ4n) is 3.89. The van der Waals surface area contributed by atoms with E-state index in [1.165, 1.54) is 0 Å². The number of hydrogen-bond acceptors (Lipinski definition) is 8. The zero-order chi connectivity index (χ0) is 20.3. The lowest BCUT2D eigenvalue weighted by molar-refractivity contribution is 0.232. The molecule has 1 saturated heterocycles. The minimum atomic E-state index is -0.909. The maximum absolute atomic E-state index is 10.3. The van der Waals surface area contributed by atoms with E-state index in [-0.39, 0.29) is 0 Å². The highest BCUT2D eigenvalue weighted by molar-refractivity contribution is 7.10. The Kier molecular flexibility index (Phi) is 5.20. The summed E-state index contributed by atoms with van der Waals surface area (Å²) in [5.74, 6) is 1.99. The molecule has 2 atom stereocenters. The molecule has 3 aromatic heterocycles. The number of fused-ring (bicyclic) bond motifs is 1. The second-order valence-electron chi connectivity index (χ2n) is 7.35. The first-order chi connectivity index (χ1) is 14.8. The second-order valence-corrected chi connectivity index (χ2v) is 8.24. The Morgan fingerprint density at radius 2 is 2.07 bits per heavy atom. The number of benzene rings is 1. The fraction of sp³-hybridized carbons (Fsp3) is 0.286. The number of hydrogen-bond donors (Lipinski definition) is 4. The van der Waals surface area contributed by atoms with Gasteiger partial charge >= 0.3 is 0 Å². The summed E-state index contributed by atoms with van der Waals surface area (Å²) >= 11 is 1.63. The number of aromatic amines is 1. The molecule has 8 nitrogen and oxygen atoms in total. The van der Waals surface area contributed by atoms with Gasteiger partial charge in [-0.15, -0.1) is 11.3 Å². The molecule has 5 rings (SSSR count). The van der Waals surface area contributed by atoms with Crippen molar-refractivity contribution in [3.8, 4) is 0 Å². The smallest absolute Gasteiger partial charge is 0.204 e. The Balaban J connectivity index is 1.26. The van der Waals surface area contributed by atoms with Gasteiger partial charge in [-0.3, -0.25) is 0 Å². The summed E-state index contributed by atoms with van der Waals surface area (Å²) in [7, 11) is 0. The van der Waals surface area contributed by atoms with E-state index in [1.54, 1.807) is 17.7 Å². The number of rotatable bonds is 6. The van der Waals surface area contributed by atoms with Gasteiger partial charge in [0.1, 0.15) is 23.6 Å². The van der Waals surface area contributed by atoms with Crippen molar-refractivity contribution in [1.29, 1.82) is 0 Å². The normalized spacial score (nSPS) is 17.8. The number of nitrogens with one attached hydrogen (secondary N) is 3. The molecule has 0 amide bonds. The van der Waals surface area contributed by atoms with E-state index in [2.05, 4.69) is 30.5 Å². The van der Waals surface area contributed by atoms with Crippen LogP contribution in [0.25, 0.3) is 11.0 Å². The number of piperidine rings is 1. The molecule has 30 heavy (non-hydrogen) atoms. The molecule has 1 aliphatic heterocycles. The van der Waals surface area contributed by atoms with Crippen LogP contribution in [0.1, 0.15) is 23.8 Å². The standard InChI is InChI=1S/C21H23N7OS/c29-21(25-15-6-2-1-3-7-15)27-17-12-30-20(26-17)14-5-4-10-28(11-14)19-16-8-9-22-18(16)23-13-24-19/h1-3,6-9,12-14,21,25,27,29H,4-5,10-11H2,(H,22,23,24). The molecule has 0 aliphatic carbocycles. The molecular weight excluding hydrogens is 398 g/mol. The summed E-state index contributed by atoms with van der Waals surface area (Å²) in [6.45, 7) is 1.85. The van der Waals surface area contributed by atoms with E-state index in [1.807, 2.05) is 48.0 Å². The summed E-state index contributed by atoms with van der Waals surface area (Å²) in [6.07, 6.45) is 4.78. The van der Waals surface area contributed by atoms with E-state index in [4.69, 9.17) is 4.98 Å². The summed E-state index contributed by atoms with van der Waals surface area (Å²) in [6, 6.07) is 11.6. The van der Waals surface area contributed by atoms with Gasteiger partial charge in [0, 0.05) is 36.3 Å². The number of anilines is 3. The lowest BCUT2D eigenvalue weighted by Gasteiger charge is -2.32. The quantitative estimate of drug-likeness (QED) is 0.353. The van der Waals surface area contributed by atoms with Crippen molar-refractivity contribution < 1.29 is 5.11 Å². The lowest BCUT2D eigenvalue weighted by Crippen LogP contribution is -2.35. The Morgan fingerprint density at radius 1 is 1.17 bits per heavy atom. The number of aliphatic hydroxyl groups excluding tert-OH is 1. The molecule has 9 heteroatoms. The average molecular weight is 422 g/mol. The predicted octanol–water partition coefficient (Wildman–Crippen LogP) is 3.60. The van der Waals surface area contributed by atoms with Crippen molar-refractivity contribution in [2.75, 3.05) is 28.6 Å². The molecular formula is C21H23N7OS. The largest absolute Gasteiger partial charge is 0.357 e. The first kappa shape index (κ1) is 18.8. The van der Waals surface area contributed by atoms with Crippen molar-refractivity contribution in [2.24, 2.45) is 0 Å². The number of aromatic nitrogens is 4. The highest BCUT2D eigenvalue weighted by atomic mass is 32.1. The monoisotopic (exact) mass is 421 g/mol. The molecule has 0 spiro atoms. The van der Waals surface area contributed by atoms with Gasteiger partial charge in [-0.25, -0.2) is 15.0 Å². The number of aliphatic hydroxyl groups is 1. The number of thiazole rings is 1. The van der Waals surface area contributed by atoms with E-state index in [0.717, 1.165) is 53.5 Å². The first-order valence-electron chi connectivity index (χ1n) is 10.0. The SMILES string of the molecule is OC(Nc1ccccc1)Nc1csc(C2CCCN(c3ncnc4[nH]ccc34)C2)n1. The van der Waals surface area contributed by atoms with Crippen LogP contribution in [-0.4, -0.2) is 44.5 Å². The Labute approximate surface area is 178 Å². The number of para-hydroxylation sites is 1. The molecule has 0 saturated carbocycles. The van der Waals surface area contributed by atoms with Gasteiger partial charge in [0.25, 0.3) is 0 Å². The number of H-pyrrole nitrogens is 1. The van der Waals surface area contributed by atoms with Crippen LogP contribution < -0.4 is 15.5 Å². The average Bonchev–Trinajstić information content (AvgIpc) is 3.44. The maximum Gasteiger partial charge on any atom is 0.204 e. The third-order valence-electron chi connectivity index (χ3n) is 5.29. The van der Waals surface area contributed by atoms with Crippen LogP contribution in [0.15, 0.2) is 54.3 Å². The Morgan fingerprint density at radius 3 is 2.97 bits per heavy atom. The van der Waals surface area contributed by atoms with Crippen LogP contribution in [0.4, 0.5) is 17.3 Å². The Hall–Kier alpha value is -3.17. The topological polar surface area (TPSA) is 102 Å². The van der Waals surface area contributed by atoms with Crippen molar-refractivity contribution >= 4 is 39.7 Å². The van der Waals surface area contributed by atoms with Crippen LogP contribution in [0.3, 0.4) is 0 Å².